The van der Waals surface area contributed by atoms with Crippen molar-refractivity contribution in [1.29, 1.82) is 0 Å². The zero-order valence-corrected chi connectivity index (χ0v) is 8.80. The average molecular weight is 212 g/mol. The molecular formula is C10H14ClN3. The second-order valence-electron chi connectivity index (χ2n) is 3.72. The summed E-state index contributed by atoms with van der Waals surface area (Å²) in [5.74, 6) is 1.75. The number of hydrogen-bond acceptors (Lipinski definition) is 3. The maximum Gasteiger partial charge on any atom is 0.224 e. The van der Waals surface area contributed by atoms with Gasteiger partial charge in [-0.25, -0.2) is 9.97 Å². The fourth-order valence-electron chi connectivity index (χ4n) is 1.62. The number of nitrogens with one attached hydrogen (secondary N) is 1. The van der Waals surface area contributed by atoms with Gasteiger partial charge in [-0.15, -0.1) is 0 Å². The van der Waals surface area contributed by atoms with Crippen LogP contribution in [-0.4, -0.2) is 16.5 Å². The van der Waals surface area contributed by atoms with Crippen LogP contribution >= 0.6 is 11.6 Å². The molecule has 0 radical (unpaired) electrons. The molecule has 1 saturated carbocycles. The molecule has 14 heavy (non-hydrogen) atoms. The molecule has 0 spiro atoms. The smallest absolute Gasteiger partial charge is 0.224 e. The third-order valence-corrected chi connectivity index (χ3v) is 2.89. The molecule has 0 bridgehead atoms. The van der Waals surface area contributed by atoms with Gasteiger partial charge < -0.3 is 5.32 Å². The Morgan fingerprint density at radius 1 is 1.50 bits per heavy atom. The van der Waals surface area contributed by atoms with Crippen LogP contribution in [0.2, 0.25) is 5.28 Å². The summed E-state index contributed by atoms with van der Waals surface area (Å²) in [6.07, 6.45) is 7.10. The van der Waals surface area contributed by atoms with Crippen LogP contribution in [0.5, 0.6) is 0 Å². The minimum atomic E-state index is 0.304. The largest absolute Gasteiger partial charge is 0.370 e. The van der Waals surface area contributed by atoms with Crippen LogP contribution in [0.1, 0.15) is 25.7 Å². The van der Waals surface area contributed by atoms with Crippen LogP contribution in [0, 0.1) is 5.92 Å². The number of rotatable bonds is 4. The van der Waals surface area contributed by atoms with Crippen molar-refractivity contribution < 1.29 is 0 Å². The number of aromatic nitrogens is 2. The van der Waals surface area contributed by atoms with Crippen molar-refractivity contribution >= 4 is 17.4 Å². The predicted molar refractivity (Wildman–Crippen MR) is 57.5 cm³/mol. The Morgan fingerprint density at radius 3 is 3.00 bits per heavy atom. The van der Waals surface area contributed by atoms with Crippen molar-refractivity contribution in [2.45, 2.75) is 25.7 Å². The van der Waals surface area contributed by atoms with Crippen LogP contribution < -0.4 is 5.32 Å². The monoisotopic (exact) mass is 211 g/mol. The molecule has 4 heteroatoms. The molecule has 76 valence electrons. The Kier molecular flexibility index (Phi) is 3.19. The van der Waals surface area contributed by atoms with E-state index >= 15 is 0 Å². The molecule has 0 saturated heterocycles. The van der Waals surface area contributed by atoms with Crippen molar-refractivity contribution in [2.75, 3.05) is 11.9 Å². The summed E-state index contributed by atoms with van der Waals surface area (Å²) in [6, 6.07) is 1.84. The molecule has 0 aromatic carbocycles. The van der Waals surface area contributed by atoms with Crippen LogP contribution in [-0.2, 0) is 0 Å². The summed E-state index contributed by atoms with van der Waals surface area (Å²) in [7, 11) is 0. The molecule has 0 unspecified atom stereocenters. The molecule has 1 heterocycles. The van der Waals surface area contributed by atoms with Gasteiger partial charge in [0.05, 0.1) is 0 Å². The summed E-state index contributed by atoms with van der Waals surface area (Å²) in [5, 5.41) is 3.55. The minimum Gasteiger partial charge on any atom is -0.370 e. The molecule has 1 aromatic rings. The van der Waals surface area contributed by atoms with Gasteiger partial charge in [0, 0.05) is 12.7 Å². The lowest BCUT2D eigenvalue weighted by Crippen LogP contribution is -2.15. The number of nitrogens with zero attached hydrogens (tertiary/aromatic N) is 2. The van der Waals surface area contributed by atoms with E-state index in [-0.39, 0.29) is 0 Å². The molecule has 2 rings (SSSR count). The van der Waals surface area contributed by atoms with E-state index in [1.165, 1.54) is 25.7 Å². The zero-order chi connectivity index (χ0) is 9.80. The van der Waals surface area contributed by atoms with E-state index in [9.17, 15) is 0 Å². The Bertz CT molecular complexity index is 299. The first kappa shape index (κ1) is 9.71. The van der Waals surface area contributed by atoms with Crippen molar-refractivity contribution in [1.82, 2.24) is 9.97 Å². The predicted octanol–water partition coefficient (Wildman–Crippen LogP) is 2.73. The van der Waals surface area contributed by atoms with Crippen LogP contribution in [0.3, 0.4) is 0 Å². The van der Waals surface area contributed by atoms with Crippen molar-refractivity contribution in [3.05, 3.63) is 17.5 Å². The molecule has 0 aliphatic heterocycles. The molecular weight excluding hydrogens is 198 g/mol. The van der Waals surface area contributed by atoms with Crippen molar-refractivity contribution in [2.24, 2.45) is 5.92 Å². The molecule has 1 aliphatic rings. The summed E-state index contributed by atoms with van der Waals surface area (Å²) in [6.45, 7) is 0.984. The highest BCUT2D eigenvalue weighted by atomic mass is 35.5. The van der Waals surface area contributed by atoms with E-state index in [1.807, 2.05) is 6.07 Å². The summed E-state index contributed by atoms with van der Waals surface area (Å²) < 4.78 is 0. The first-order valence-corrected chi connectivity index (χ1v) is 5.45. The minimum absolute atomic E-state index is 0.304. The van der Waals surface area contributed by atoms with Gasteiger partial charge in [0.1, 0.15) is 5.82 Å². The molecule has 1 aliphatic carbocycles. The first-order valence-electron chi connectivity index (χ1n) is 5.07. The molecule has 1 N–H and O–H groups in total. The normalized spacial score (nSPS) is 16.4. The fourth-order valence-corrected chi connectivity index (χ4v) is 1.77. The van der Waals surface area contributed by atoms with E-state index in [0.29, 0.717) is 5.28 Å². The summed E-state index contributed by atoms with van der Waals surface area (Å²) in [4.78, 5) is 7.88. The van der Waals surface area contributed by atoms with E-state index in [4.69, 9.17) is 11.6 Å². The van der Waals surface area contributed by atoms with Gasteiger partial charge in [0.25, 0.3) is 0 Å². The fraction of sp³-hybridized carbons (Fsp3) is 0.600. The van der Waals surface area contributed by atoms with Gasteiger partial charge in [0.15, 0.2) is 0 Å². The second kappa shape index (κ2) is 4.60. The highest BCUT2D eigenvalue weighted by Crippen LogP contribution is 2.29. The Morgan fingerprint density at radius 2 is 2.36 bits per heavy atom. The van der Waals surface area contributed by atoms with E-state index in [2.05, 4.69) is 15.3 Å². The van der Waals surface area contributed by atoms with Crippen LogP contribution in [0.4, 0.5) is 5.82 Å². The summed E-state index contributed by atoms with van der Waals surface area (Å²) in [5.41, 5.74) is 0. The van der Waals surface area contributed by atoms with Gasteiger partial charge in [-0.2, -0.15) is 0 Å². The lowest BCUT2D eigenvalue weighted by Gasteiger charge is -2.25. The van der Waals surface area contributed by atoms with Crippen molar-refractivity contribution in [3.63, 3.8) is 0 Å². The molecule has 0 amide bonds. The molecule has 1 fully saturated rings. The SMILES string of the molecule is Clc1nccc(NCCC2CCC2)n1. The quantitative estimate of drug-likeness (QED) is 0.779. The first-order chi connectivity index (χ1) is 6.84. The number of anilines is 1. The Hall–Kier alpha value is -0.830. The second-order valence-corrected chi connectivity index (χ2v) is 4.06. The van der Waals surface area contributed by atoms with Gasteiger partial charge in [-0.3, -0.25) is 0 Å². The lowest BCUT2D eigenvalue weighted by atomic mass is 9.83. The van der Waals surface area contributed by atoms with Crippen molar-refractivity contribution in [3.8, 4) is 0 Å². The maximum atomic E-state index is 5.66. The zero-order valence-electron chi connectivity index (χ0n) is 8.04. The molecule has 3 nitrogen and oxygen atoms in total. The van der Waals surface area contributed by atoms with Crippen LogP contribution in [0.15, 0.2) is 12.3 Å². The van der Waals surface area contributed by atoms with Gasteiger partial charge in [-0.1, -0.05) is 19.3 Å². The van der Waals surface area contributed by atoms with E-state index in [0.717, 1.165) is 18.3 Å². The average Bonchev–Trinajstić information content (AvgIpc) is 2.09. The van der Waals surface area contributed by atoms with Gasteiger partial charge in [-0.05, 0) is 30.0 Å². The molecule has 1 aromatic heterocycles. The van der Waals surface area contributed by atoms with Gasteiger partial charge >= 0.3 is 0 Å². The van der Waals surface area contributed by atoms with Crippen LogP contribution in [0.25, 0.3) is 0 Å². The Balaban J connectivity index is 1.74. The van der Waals surface area contributed by atoms with Gasteiger partial charge in [0.2, 0.25) is 5.28 Å². The molecule has 0 atom stereocenters. The highest BCUT2D eigenvalue weighted by molar-refractivity contribution is 6.28. The number of hydrogen-bond donors (Lipinski definition) is 1. The van der Waals surface area contributed by atoms with E-state index in [1.54, 1.807) is 6.20 Å². The Labute approximate surface area is 88.9 Å². The lowest BCUT2D eigenvalue weighted by molar-refractivity contribution is 0.303. The highest BCUT2D eigenvalue weighted by Gasteiger charge is 2.16. The topological polar surface area (TPSA) is 37.8 Å². The number of halogens is 1. The standard InChI is InChI=1S/C10H14ClN3/c11-10-13-7-5-9(14-10)12-6-4-8-2-1-3-8/h5,7-8H,1-4,6H2,(H,12,13,14). The summed E-state index contributed by atoms with van der Waals surface area (Å²) >= 11 is 5.66. The third kappa shape index (κ3) is 2.58. The van der Waals surface area contributed by atoms with E-state index < -0.39 is 0 Å². The third-order valence-electron chi connectivity index (χ3n) is 2.71. The maximum absolute atomic E-state index is 5.66.